The zero-order valence-corrected chi connectivity index (χ0v) is 80.3. The summed E-state index contributed by atoms with van der Waals surface area (Å²) in [4.78, 5) is 101. The number of thioether (sulfide) groups is 3. The Labute approximate surface area is 889 Å². The normalized spacial score (nSPS) is 19.5. The van der Waals surface area contributed by atoms with Crippen LogP contribution in [0.4, 0.5) is 52.7 Å². The number of carbonyl (C=O) groups is 3. The molecule has 0 radical (unpaired) electrons. The Bertz CT molecular complexity index is 8370. The molecule has 0 aliphatic heterocycles. The van der Waals surface area contributed by atoms with Gasteiger partial charge in [-0.3, -0.25) is 28.8 Å². The average molecular weight is 2060 g/mol. The second-order valence-electron chi connectivity index (χ2n) is 31.9. The van der Waals surface area contributed by atoms with E-state index in [4.69, 9.17) is 41.1 Å². The highest BCUT2D eigenvalue weighted by molar-refractivity contribution is 7.98. The van der Waals surface area contributed by atoms with Gasteiger partial charge in [0, 0.05) is 141 Å². The Hall–Kier alpha value is -11.9. The number of alkyl halides is 9. The van der Waals surface area contributed by atoms with Crippen LogP contribution in [0.5, 0.6) is 0 Å². The van der Waals surface area contributed by atoms with Gasteiger partial charge in [-0.05, 0) is 242 Å². The zero-order valence-electron chi connectivity index (χ0n) is 114. The van der Waals surface area contributed by atoms with Gasteiger partial charge in [-0.1, -0.05) is 229 Å². The lowest BCUT2D eigenvalue weighted by Gasteiger charge is -2.28. The van der Waals surface area contributed by atoms with Crippen molar-refractivity contribution in [2.75, 3.05) is 78.2 Å². The molecule has 9 aromatic carbocycles. The number of likely N-dealkylation sites (N-methyl/N-ethyl adjacent to an activating group) is 3. The standard InChI is InChI=1S/2C37H40F4N4O2S.C36H38F4N4O2S/c1-4-43(5-2)18-19-44(22-26-6-10-28(11-7-26)29-12-14-30(15-13-29)37(39,40)41)34(46)23-45-33-21-25(3)20-32(33)35(47)42-36(45)48-24-27-8-16-31(38)17-9-27;1-4-43(5-2)19-20-44(22-26-9-13-28(14-10-26)29-15-18-32(25(3)21-29)37(39,40)41)34(46)23-45-33-8-6-7-31(33)35(47)42-36(45)48-24-27-11-16-30(38)17-12-27;1-3-42(4-2)20-21-43(22-25-8-12-27(13-9-25)28-14-16-29(17-15-28)36(38,39)40)33(45)23-44-32-7-5-6-31(32)34(46)41-35(44)47-24-26-10-18-30(37)19-11-26/h6-17,25H,4-5,18-24H2,1-3H3;9-18,21H,4-8,19-20,22-24H2,1-3H3;8-19H,3-7,20-24H2,1-2H3/i4D2,5D2,20D2,21D2,23D2,24D2,25D;4D2,5D2,9D,10D,13D,14D,15D,18D,21D,23D2,24D2;3D2,4D2,23D2,24D2. The molecule has 0 bridgehead atoms. The van der Waals surface area contributed by atoms with Gasteiger partial charge >= 0.3 is 18.5 Å². The largest absolute Gasteiger partial charge is 0.416 e. The van der Waals surface area contributed by atoms with Crippen molar-refractivity contribution in [3.63, 3.8) is 0 Å². The monoisotopic (exact) mass is 2060 g/mol. The number of aromatic nitrogens is 6. The molecule has 3 heterocycles. The highest BCUT2D eigenvalue weighted by Gasteiger charge is 2.36. The molecule has 0 N–H and O–H groups in total. The summed E-state index contributed by atoms with van der Waals surface area (Å²) in [7, 11) is 0. The van der Waals surface area contributed by atoms with E-state index in [1.54, 1.807) is 24.3 Å². The van der Waals surface area contributed by atoms with Gasteiger partial charge in [0.05, 0.1) is 34.5 Å². The molecular formula is C110H118F12N12O6S3. The summed E-state index contributed by atoms with van der Waals surface area (Å²) >= 11 is 0.651. The van der Waals surface area contributed by atoms with E-state index in [1.807, 2.05) is 0 Å². The van der Waals surface area contributed by atoms with Crippen LogP contribution in [0.1, 0.15) is 200 Å². The summed E-state index contributed by atoms with van der Waals surface area (Å²) in [5.74, 6) is -9.12. The van der Waals surface area contributed by atoms with Crippen molar-refractivity contribution in [1.29, 1.82) is 0 Å². The van der Waals surface area contributed by atoms with Crippen LogP contribution in [0.15, 0.2) is 242 Å². The summed E-state index contributed by atoms with van der Waals surface area (Å²) in [5, 5.41) is -2.00. The number of hydrogen-bond donors (Lipinski definition) is 0. The SMILES string of the molecule is [2H]C([2H])(Sc1nc(=O)c2c(n1C([2H])([2H])C(=O)N(CCN(C([2H])([2H])C)C([2H])([2H])C)Cc1ccc(-c3ccc(C(F)(F)F)cc3)cc1)C([2H])([2H])C([2H])(C)C2([2H])[2H])c1ccc(F)cc1.[2H]C([2H])(Sc1nc(=O)c2c(n1C([2H])([2H])C(=O)N(CCN(C([2H])([2H])C)C([2H])([2H])C)Cc1ccc(-c3ccc(C(F)(F)F)cc3)cc1)CCC2)c1ccc(F)cc1.[2H]c1c([2H])c(-c2c([2H])c([2H])c(C(F)(F)F)c(C)c2[2H])c([2H])c([2H])c1CN(CCN(C([2H])([2H])C)C([2H])([2H])C)C(=O)C([2H])([2H])n1c(SC([2H])([2H])c2ccc(F)cc2)nc(=O)c2c1CCC2. The van der Waals surface area contributed by atoms with Gasteiger partial charge in [-0.15, -0.1) is 0 Å². The molecule has 756 valence electrons. The highest BCUT2D eigenvalue weighted by Crippen LogP contribution is 2.39. The van der Waals surface area contributed by atoms with Crippen molar-refractivity contribution in [2.24, 2.45) is 5.89 Å². The van der Waals surface area contributed by atoms with Crippen molar-refractivity contribution in [3.05, 3.63) is 350 Å². The Kier molecular flexibility index (Phi) is 24.2. The van der Waals surface area contributed by atoms with Gasteiger partial charge in [0.1, 0.15) is 36.9 Å². The molecule has 1 unspecified atom stereocenters. The number of hydrogen-bond acceptors (Lipinski definition) is 15. The topological polar surface area (TPSA) is 175 Å². The van der Waals surface area contributed by atoms with E-state index < -0.39 is 312 Å². The first-order chi connectivity index (χ1) is 81.8. The number of benzene rings is 9. The molecule has 1 atom stereocenters. The van der Waals surface area contributed by atoms with Crippen molar-refractivity contribution in [2.45, 2.75) is 197 Å². The van der Waals surface area contributed by atoms with Crippen LogP contribution in [-0.2, 0) is 128 Å². The minimum atomic E-state index is -5.16. The van der Waals surface area contributed by atoms with Crippen LogP contribution >= 0.6 is 35.3 Å². The van der Waals surface area contributed by atoms with Crippen molar-refractivity contribution < 1.29 is 116 Å². The van der Waals surface area contributed by atoms with Crippen molar-refractivity contribution in [3.8, 4) is 33.4 Å². The second kappa shape index (κ2) is 50.1. The van der Waals surface area contributed by atoms with E-state index in [2.05, 4.69) is 15.0 Å². The lowest BCUT2D eigenvalue weighted by atomic mass is 9.98. The minimum Gasteiger partial charge on any atom is -0.336 e. The fourth-order valence-electron chi connectivity index (χ4n) is 14.9. The Morgan fingerprint density at radius 3 is 1.02 bits per heavy atom. The van der Waals surface area contributed by atoms with Gasteiger partial charge in [0.15, 0.2) is 15.5 Å². The molecule has 3 aliphatic carbocycles. The molecular weight excluding hydrogens is 1910 g/mol. The van der Waals surface area contributed by atoms with Crippen molar-refractivity contribution >= 4 is 53.0 Å². The lowest BCUT2D eigenvalue weighted by molar-refractivity contribution is -0.138. The maximum absolute atomic E-state index is 14.8. The molecule has 3 aromatic heterocycles. The maximum atomic E-state index is 14.8. The Morgan fingerprint density at radius 2 is 0.692 bits per heavy atom. The quantitative estimate of drug-likeness (QED) is 0.0202. The number of rotatable bonds is 39. The second-order valence-corrected chi connectivity index (χ2v) is 34.2. The highest BCUT2D eigenvalue weighted by atomic mass is 32.2. The third-order valence-corrected chi connectivity index (χ3v) is 24.8. The van der Waals surface area contributed by atoms with E-state index in [0.717, 1.165) is 169 Å². The molecule has 0 saturated carbocycles. The molecule has 0 saturated heterocycles. The number of carbonyl (C=O) groups excluding carboxylic acids is 3. The fourth-order valence-corrected chi connectivity index (χ4v) is 17.0. The van der Waals surface area contributed by atoms with Crippen LogP contribution < -0.4 is 16.7 Å². The fraction of sp³-hybridized carbons (Fsp3) is 0.373. The lowest BCUT2D eigenvalue weighted by Crippen LogP contribution is -2.40. The molecule has 3 aliphatic rings. The van der Waals surface area contributed by atoms with E-state index in [-0.39, 0.29) is 118 Å². The third kappa shape index (κ3) is 29.5. The molecule has 0 fully saturated rings. The van der Waals surface area contributed by atoms with Crippen LogP contribution in [0.3, 0.4) is 0 Å². The number of fused-ring (bicyclic) bond motifs is 3. The molecule has 0 spiro atoms. The van der Waals surface area contributed by atoms with Gasteiger partial charge in [0.2, 0.25) is 17.7 Å². The summed E-state index contributed by atoms with van der Waals surface area (Å²) < 4.78 is 476. The van der Waals surface area contributed by atoms with Gasteiger partial charge in [-0.25, -0.2) is 13.2 Å². The van der Waals surface area contributed by atoms with E-state index in [1.165, 1.54) is 60.7 Å². The first-order valence-corrected chi connectivity index (χ1v) is 46.6. The molecule has 15 rings (SSSR count). The third-order valence-electron chi connectivity index (χ3n) is 22.4. The van der Waals surface area contributed by atoms with E-state index in [9.17, 15) is 89.7 Å². The van der Waals surface area contributed by atoms with E-state index in [0.29, 0.717) is 62.2 Å². The van der Waals surface area contributed by atoms with E-state index >= 15 is 0 Å². The van der Waals surface area contributed by atoms with Crippen LogP contribution in [-0.4, -0.2) is 154 Å². The predicted molar refractivity (Wildman–Crippen MR) is 539 cm³/mol. The number of nitrogens with zero attached hydrogens (tertiary/aromatic N) is 12. The Balaban J connectivity index is 0.000000219. The molecule has 143 heavy (non-hydrogen) atoms. The first kappa shape index (κ1) is 69.2. The first-order valence-electron chi connectivity index (χ1n) is 62.2. The maximum Gasteiger partial charge on any atom is 0.416 e. The number of halogens is 12. The van der Waals surface area contributed by atoms with Gasteiger partial charge in [-0.2, -0.15) is 54.5 Å². The summed E-state index contributed by atoms with van der Waals surface area (Å²) in [6.45, 7) is -20.9. The van der Waals surface area contributed by atoms with Crippen LogP contribution in [0.25, 0.3) is 33.4 Å². The smallest absolute Gasteiger partial charge is 0.336 e. The van der Waals surface area contributed by atoms with Crippen LogP contribution in [0.2, 0.25) is 0 Å². The van der Waals surface area contributed by atoms with Crippen LogP contribution in [0, 0.1) is 30.3 Å². The molecule has 18 nitrogen and oxygen atoms in total. The summed E-state index contributed by atoms with van der Waals surface area (Å²) in [5.41, 5.74) is -16.4. The molecule has 3 amide bonds. The average Bonchev–Trinajstić information content (AvgIpc) is 1.51. The van der Waals surface area contributed by atoms with Crippen molar-refractivity contribution in [1.82, 2.24) is 58.1 Å². The Morgan fingerprint density at radius 1 is 0.385 bits per heavy atom. The molecule has 12 aromatic rings. The zero-order chi connectivity index (χ0) is 135. The minimum absolute atomic E-state index is 0.00350. The summed E-state index contributed by atoms with van der Waals surface area (Å²) in [6.07, 6.45) is -19.3. The summed E-state index contributed by atoms with van der Waals surface area (Å²) in [6, 6.07) is 26.4. The molecule has 33 heteroatoms. The van der Waals surface area contributed by atoms with Gasteiger partial charge < -0.3 is 43.1 Å². The predicted octanol–water partition coefficient (Wildman–Crippen LogP) is 22.2. The van der Waals surface area contributed by atoms with Gasteiger partial charge in [0.25, 0.3) is 16.7 Å². The number of amides is 3.